The zero-order valence-electron chi connectivity index (χ0n) is 9.24. The molecule has 1 aromatic heterocycles. The summed E-state index contributed by atoms with van der Waals surface area (Å²) in [6.07, 6.45) is 3.74. The molecule has 0 unspecified atom stereocenters. The molecule has 0 radical (unpaired) electrons. The summed E-state index contributed by atoms with van der Waals surface area (Å²) >= 11 is 9.39. The molecular formula is C12H13BrClN3. The van der Waals surface area contributed by atoms with Crippen molar-refractivity contribution in [1.82, 2.24) is 15.1 Å². The van der Waals surface area contributed by atoms with Crippen LogP contribution in [0.1, 0.15) is 5.56 Å². The van der Waals surface area contributed by atoms with E-state index in [4.69, 9.17) is 11.6 Å². The van der Waals surface area contributed by atoms with Gasteiger partial charge in [-0.1, -0.05) is 17.7 Å². The number of rotatable bonds is 5. The molecule has 0 atom stereocenters. The van der Waals surface area contributed by atoms with Crippen molar-refractivity contribution in [3.05, 3.63) is 51.7 Å². The fourth-order valence-corrected chi connectivity index (χ4v) is 1.96. The van der Waals surface area contributed by atoms with Gasteiger partial charge in [0.2, 0.25) is 0 Å². The summed E-state index contributed by atoms with van der Waals surface area (Å²) in [5.41, 5.74) is 1.18. The van der Waals surface area contributed by atoms with Gasteiger partial charge >= 0.3 is 0 Å². The van der Waals surface area contributed by atoms with Gasteiger partial charge in [-0.15, -0.1) is 0 Å². The molecule has 0 aliphatic rings. The van der Waals surface area contributed by atoms with Crippen LogP contribution in [-0.2, 0) is 13.1 Å². The second kappa shape index (κ2) is 6.19. The Bertz CT molecular complexity index is 471. The molecule has 17 heavy (non-hydrogen) atoms. The van der Waals surface area contributed by atoms with Crippen LogP contribution < -0.4 is 5.32 Å². The van der Waals surface area contributed by atoms with Gasteiger partial charge in [0, 0.05) is 30.0 Å². The van der Waals surface area contributed by atoms with Crippen molar-refractivity contribution < 1.29 is 0 Å². The highest BCUT2D eigenvalue weighted by Gasteiger charge is 1.98. The van der Waals surface area contributed by atoms with Gasteiger partial charge in [0.05, 0.1) is 11.6 Å². The zero-order chi connectivity index (χ0) is 12.1. The third-order valence-corrected chi connectivity index (χ3v) is 3.62. The number of aromatic nitrogens is 2. The molecule has 3 nitrogen and oxygen atoms in total. The van der Waals surface area contributed by atoms with Crippen molar-refractivity contribution in [3.8, 4) is 0 Å². The van der Waals surface area contributed by atoms with E-state index < -0.39 is 0 Å². The molecule has 1 heterocycles. The lowest BCUT2D eigenvalue weighted by Crippen LogP contribution is -2.19. The van der Waals surface area contributed by atoms with Crippen molar-refractivity contribution in [2.75, 3.05) is 6.54 Å². The van der Waals surface area contributed by atoms with Gasteiger partial charge in [0.25, 0.3) is 0 Å². The standard InChI is InChI=1S/C12H13BrClN3/c13-11-3-2-10(8-12(11)14)9-15-5-7-17-6-1-4-16-17/h1-4,6,8,15H,5,7,9H2. The first kappa shape index (κ1) is 12.6. The van der Waals surface area contributed by atoms with Crippen molar-refractivity contribution in [2.24, 2.45) is 0 Å². The first-order valence-electron chi connectivity index (χ1n) is 5.38. The average molecular weight is 315 g/mol. The van der Waals surface area contributed by atoms with Crippen LogP contribution in [0.2, 0.25) is 5.02 Å². The quantitative estimate of drug-likeness (QED) is 0.860. The molecule has 90 valence electrons. The highest BCUT2D eigenvalue weighted by Crippen LogP contribution is 2.22. The van der Waals surface area contributed by atoms with Gasteiger partial charge < -0.3 is 5.32 Å². The SMILES string of the molecule is Clc1cc(CNCCn2cccn2)ccc1Br. The molecule has 0 saturated carbocycles. The second-order valence-electron chi connectivity index (χ2n) is 3.69. The maximum Gasteiger partial charge on any atom is 0.0551 e. The van der Waals surface area contributed by atoms with Crippen LogP contribution in [0.4, 0.5) is 0 Å². The van der Waals surface area contributed by atoms with E-state index in [9.17, 15) is 0 Å². The summed E-state index contributed by atoms with van der Waals surface area (Å²) < 4.78 is 2.83. The Morgan fingerprint density at radius 3 is 3.00 bits per heavy atom. The topological polar surface area (TPSA) is 29.9 Å². The smallest absolute Gasteiger partial charge is 0.0551 e. The lowest BCUT2D eigenvalue weighted by atomic mass is 10.2. The summed E-state index contributed by atoms with van der Waals surface area (Å²) in [4.78, 5) is 0. The maximum atomic E-state index is 6.02. The van der Waals surface area contributed by atoms with E-state index in [1.165, 1.54) is 5.56 Å². The number of nitrogens with one attached hydrogen (secondary N) is 1. The lowest BCUT2D eigenvalue weighted by Gasteiger charge is -2.06. The molecule has 0 fully saturated rings. The van der Waals surface area contributed by atoms with Crippen LogP contribution in [0.3, 0.4) is 0 Å². The Labute approximate surface area is 114 Å². The normalized spacial score (nSPS) is 10.7. The van der Waals surface area contributed by atoms with Gasteiger partial charge in [0.15, 0.2) is 0 Å². The van der Waals surface area contributed by atoms with E-state index in [1.807, 2.05) is 29.1 Å². The van der Waals surface area contributed by atoms with Gasteiger partial charge in [-0.05, 0) is 39.7 Å². The second-order valence-corrected chi connectivity index (χ2v) is 4.96. The van der Waals surface area contributed by atoms with E-state index >= 15 is 0 Å². The Morgan fingerprint density at radius 1 is 1.41 bits per heavy atom. The maximum absolute atomic E-state index is 6.02. The van der Waals surface area contributed by atoms with Gasteiger partial charge in [-0.2, -0.15) is 5.10 Å². The largest absolute Gasteiger partial charge is 0.311 e. The molecule has 0 spiro atoms. The van der Waals surface area contributed by atoms with Gasteiger partial charge in [0.1, 0.15) is 0 Å². The van der Waals surface area contributed by atoms with E-state index in [1.54, 1.807) is 6.20 Å². The first-order valence-corrected chi connectivity index (χ1v) is 6.55. The molecule has 2 aromatic rings. The third-order valence-electron chi connectivity index (χ3n) is 2.39. The Morgan fingerprint density at radius 2 is 2.29 bits per heavy atom. The Balaban J connectivity index is 1.76. The summed E-state index contributed by atoms with van der Waals surface area (Å²) in [6, 6.07) is 7.91. The predicted octanol–water partition coefficient (Wildman–Crippen LogP) is 3.09. The Kier molecular flexibility index (Phi) is 4.59. The highest BCUT2D eigenvalue weighted by molar-refractivity contribution is 9.10. The predicted molar refractivity (Wildman–Crippen MR) is 73.1 cm³/mol. The van der Waals surface area contributed by atoms with E-state index in [0.717, 1.165) is 29.1 Å². The van der Waals surface area contributed by atoms with Crippen molar-refractivity contribution in [3.63, 3.8) is 0 Å². The van der Waals surface area contributed by atoms with Crippen molar-refractivity contribution in [2.45, 2.75) is 13.1 Å². The minimum Gasteiger partial charge on any atom is -0.311 e. The van der Waals surface area contributed by atoms with Crippen LogP contribution in [-0.4, -0.2) is 16.3 Å². The van der Waals surface area contributed by atoms with Crippen molar-refractivity contribution in [1.29, 1.82) is 0 Å². The highest BCUT2D eigenvalue weighted by atomic mass is 79.9. The van der Waals surface area contributed by atoms with Crippen LogP contribution in [0, 0.1) is 0 Å². The number of hydrogen-bond acceptors (Lipinski definition) is 2. The molecule has 0 saturated heterocycles. The van der Waals surface area contributed by atoms with Crippen LogP contribution in [0.5, 0.6) is 0 Å². The van der Waals surface area contributed by atoms with Crippen LogP contribution >= 0.6 is 27.5 Å². The van der Waals surface area contributed by atoms with E-state index in [0.29, 0.717) is 0 Å². The molecule has 5 heteroatoms. The van der Waals surface area contributed by atoms with E-state index in [-0.39, 0.29) is 0 Å². The fourth-order valence-electron chi connectivity index (χ4n) is 1.51. The van der Waals surface area contributed by atoms with Crippen LogP contribution in [0.25, 0.3) is 0 Å². The summed E-state index contributed by atoms with van der Waals surface area (Å²) in [7, 11) is 0. The monoisotopic (exact) mass is 313 g/mol. The molecule has 0 aliphatic heterocycles. The number of hydrogen-bond donors (Lipinski definition) is 1. The molecule has 1 aromatic carbocycles. The minimum atomic E-state index is 0.747. The summed E-state index contributed by atoms with van der Waals surface area (Å²) in [5.74, 6) is 0. The molecule has 0 amide bonds. The average Bonchev–Trinajstić information content (AvgIpc) is 2.82. The Hall–Kier alpha value is -0.840. The number of halogens is 2. The lowest BCUT2D eigenvalue weighted by molar-refractivity contribution is 0.555. The molecule has 0 aliphatic carbocycles. The molecular weight excluding hydrogens is 302 g/mol. The number of benzene rings is 1. The minimum absolute atomic E-state index is 0.747. The molecule has 1 N–H and O–H groups in total. The first-order chi connectivity index (χ1) is 8.25. The summed E-state index contributed by atoms with van der Waals surface area (Å²) in [5, 5.41) is 8.23. The zero-order valence-corrected chi connectivity index (χ0v) is 11.6. The van der Waals surface area contributed by atoms with E-state index in [2.05, 4.69) is 32.4 Å². The summed E-state index contributed by atoms with van der Waals surface area (Å²) in [6.45, 7) is 2.57. The fraction of sp³-hybridized carbons (Fsp3) is 0.250. The molecule has 2 rings (SSSR count). The van der Waals surface area contributed by atoms with Gasteiger partial charge in [-0.3, -0.25) is 4.68 Å². The molecule has 0 bridgehead atoms. The van der Waals surface area contributed by atoms with Crippen molar-refractivity contribution >= 4 is 27.5 Å². The third kappa shape index (κ3) is 3.84. The van der Waals surface area contributed by atoms with Crippen LogP contribution in [0.15, 0.2) is 41.1 Å². The number of nitrogens with zero attached hydrogens (tertiary/aromatic N) is 2. The van der Waals surface area contributed by atoms with Gasteiger partial charge in [-0.25, -0.2) is 0 Å².